The van der Waals surface area contributed by atoms with Crippen LogP contribution in [0.25, 0.3) is 0 Å². The molecular weight excluding hydrogens is 236 g/mol. The summed E-state index contributed by atoms with van der Waals surface area (Å²) in [6.07, 6.45) is 1.18. The number of piperidine rings is 1. The van der Waals surface area contributed by atoms with Gasteiger partial charge in [0.1, 0.15) is 0 Å². The molecule has 0 radical (unpaired) electrons. The average molecular weight is 252 g/mol. The number of amides is 1. The molecule has 3 atom stereocenters. The Bertz CT molecular complexity index is 447. The fraction of sp³-hybridized carbons (Fsp3) is 0.727. The highest BCUT2D eigenvalue weighted by atomic mass is 16.4. The molecule has 0 spiro atoms. The smallest absolute Gasteiger partial charge is 0.404 e. The highest BCUT2D eigenvalue weighted by Gasteiger charge is 2.43. The molecule has 1 aliphatic carbocycles. The number of fused-ring (bicyclic) bond motifs is 2. The van der Waals surface area contributed by atoms with E-state index in [1.807, 2.05) is 0 Å². The van der Waals surface area contributed by atoms with E-state index in [-0.39, 0.29) is 6.04 Å². The first-order valence-corrected chi connectivity index (χ1v) is 6.18. The van der Waals surface area contributed by atoms with Gasteiger partial charge in [-0.1, -0.05) is 5.10 Å². The number of hydrogen-bond acceptors (Lipinski definition) is 5. The largest absolute Gasteiger partial charge is 0.465 e. The lowest BCUT2D eigenvalue weighted by Crippen LogP contribution is -2.52. The van der Waals surface area contributed by atoms with Crippen LogP contribution >= 0.6 is 0 Å². The van der Waals surface area contributed by atoms with Gasteiger partial charge in [-0.05, 0) is 24.7 Å². The van der Waals surface area contributed by atoms with Gasteiger partial charge in [-0.15, -0.1) is 5.10 Å². The first-order valence-electron chi connectivity index (χ1n) is 6.18. The van der Waals surface area contributed by atoms with Gasteiger partial charge in [0.2, 0.25) is 5.89 Å². The van der Waals surface area contributed by atoms with Crippen molar-refractivity contribution in [2.75, 3.05) is 18.0 Å². The van der Waals surface area contributed by atoms with Crippen LogP contribution in [-0.2, 0) is 0 Å². The molecule has 0 aromatic carbocycles. The molecule has 1 aromatic rings. The van der Waals surface area contributed by atoms with Crippen LogP contribution in [0.5, 0.6) is 0 Å². The van der Waals surface area contributed by atoms with Gasteiger partial charge in [-0.2, -0.15) is 0 Å². The summed E-state index contributed by atoms with van der Waals surface area (Å²) < 4.78 is 5.43. The Balaban J connectivity index is 1.73. The molecule has 18 heavy (non-hydrogen) atoms. The number of carbonyl (C=O) groups is 1. The van der Waals surface area contributed by atoms with Crippen LogP contribution < -0.4 is 10.2 Å². The topological polar surface area (TPSA) is 91.5 Å². The van der Waals surface area contributed by atoms with Gasteiger partial charge in [0.05, 0.1) is 0 Å². The minimum Gasteiger partial charge on any atom is -0.465 e. The molecule has 1 amide bonds. The number of nitrogens with zero attached hydrogens (tertiary/aromatic N) is 3. The summed E-state index contributed by atoms with van der Waals surface area (Å²) in [4.78, 5) is 12.8. The zero-order valence-electron chi connectivity index (χ0n) is 10.2. The lowest BCUT2D eigenvalue weighted by atomic mass is 9.92. The van der Waals surface area contributed by atoms with Crippen LogP contribution in [0.4, 0.5) is 10.8 Å². The number of carboxylic acid groups (broad SMARTS) is 1. The summed E-state index contributed by atoms with van der Waals surface area (Å²) >= 11 is 0. The van der Waals surface area contributed by atoms with Crippen LogP contribution in [0.3, 0.4) is 0 Å². The zero-order valence-corrected chi connectivity index (χ0v) is 10.2. The van der Waals surface area contributed by atoms with Crippen molar-refractivity contribution in [2.24, 2.45) is 11.8 Å². The van der Waals surface area contributed by atoms with Crippen LogP contribution in [-0.4, -0.2) is 40.5 Å². The SMILES string of the molecule is Cc1nnc(N2C[C@H]3CC[C@@H](C2)[C@H]3NC(=O)O)o1. The van der Waals surface area contributed by atoms with E-state index in [0.29, 0.717) is 23.7 Å². The van der Waals surface area contributed by atoms with Gasteiger partial charge in [-0.25, -0.2) is 4.79 Å². The summed E-state index contributed by atoms with van der Waals surface area (Å²) in [5.74, 6) is 1.24. The van der Waals surface area contributed by atoms with Crippen LogP contribution in [0.15, 0.2) is 4.42 Å². The molecule has 2 bridgehead atoms. The first kappa shape index (κ1) is 11.3. The Morgan fingerprint density at radius 2 is 2.06 bits per heavy atom. The molecule has 2 N–H and O–H groups in total. The molecular formula is C11H16N4O3. The lowest BCUT2D eigenvalue weighted by Gasteiger charge is -2.36. The maximum atomic E-state index is 10.8. The second-order valence-corrected chi connectivity index (χ2v) is 5.08. The predicted octanol–water partition coefficient (Wildman–Crippen LogP) is 0.860. The standard InChI is InChI=1S/C11H16N4O3/c1-6-13-14-10(18-6)15-4-7-2-3-8(5-15)9(7)12-11(16)17/h7-9,12H,2-5H2,1H3,(H,16,17)/t7-,8+,9+. The van der Waals surface area contributed by atoms with Crippen molar-refractivity contribution in [1.29, 1.82) is 0 Å². The highest BCUT2D eigenvalue weighted by Crippen LogP contribution is 2.38. The van der Waals surface area contributed by atoms with Crippen molar-refractivity contribution in [2.45, 2.75) is 25.8 Å². The normalized spacial score (nSPS) is 30.5. The number of nitrogens with one attached hydrogen (secondary N) is 1. The van der Waals surface area contributed by atoms with Gasteiger partial charge >= 0.3 is 12.1 Å². The second kappa shape index (κ2) is 4.15. The number of rotatable bonds is 2. The molecule has 2 fully saturated rings. The average Bonchev–Trinajstić information content (AvgIpc) is 2.81. The van der Waals surface area contributed by atoms with Gasteiger partial charge in [0.25, 0.3) is 0 Å². The Kier molecular flexibility index (Phi) is 2.61. The fourth-order valence-corrected chi connectivity index (χ4v) is 3.17. The minimum atomic E-state index is -0.931. The Morgan fingerprint density at radius 3 is 2.56 bits per heavy atom. The zero-order chi connectivity index (χ0) is 12.7. The molecule has 98 valence electrons. The molecule has 2 aliphatic rings. The van der Waals surface area contributed by atoms with Crippen molar-refractivity contribution in [1.82, 2.24) is 15.5 Å². The molecule has 0 unspecified atom stereocenters. The van der Waals surface area contributed by atoms with Crippen molar-refractivity contribution >= 4 is 12.1 Å². The van der Waals surface area contributed by atoms with Crippen LogP contribution in [0.1, 0.15) is 18.7 Å². The molecule has 1 aliphatic heterocycles. The van der Waals surface area contributed by atoms with Crippen molar-refractivity contribution in [3.05, 3.63) is 5.89 Å². The summed E-state index contributed by atoms with van der Waals surface area (Å²) in [5.41, 5.74) is 0. The molecule has 7 heteroatoms. The van der Waals surface area contributed by atoms with Crippen molar-refractivity contribution in [3.63, 3.8) is 0 Å². The Hall–Kier alpha value is -1.79. The van der Waals surface area contributed by atoms with Crippen LogP contribution in [0.2, 0.25) is 0 Å². The number of aromatic nitrogens is 2. The highest BCUT2D eigenvalue weighted by molar-refractivity contribution is 5.65. The molecule has 1 aromatic heterocycles. The van der Waals surface area contributed by atoms with E-state index >= 15 is 0 Å². The predicted molar refractivity (Wildman–Crippen MR) is 62.4 cm³/mol. The van der Waals surface area contributed by atoms with Gasteiger partial charge in [-0.3, -0.25) is 0 Å². The van der Waals surface area contributed by atoms with E-state index in [0.717, 1.165) is 25.9 Å². The maximum Gasteiger partial charge on any atom is 0.404 e. The summed E-state index contributed by atoms with van der Waals surface area (Å²) in [6, 6.07) is 0.626. The summed E-state index contributed by atoms with van der Waals surface area (Å²) in [6.45, 7) is 3.33. The molecule has 1 saturated carbocycles. The Morgan fingerprint density at radius 1 is 1.39 bits per heavy atom. The Labute approximate surface area is 104 Å². The van der Waals surface area contributed by atoms with E-state index < -0.39 is 6.09 Å². The number of anilines is 1. The fourth-order valence-electron chi connectivity index (χ4n) is 3.17. The third kappa shape index (κ3) is 1.89. The van der Waals surface area contributed by atoms with Gasteiger partial charge in [0, 0.05) is 26.1 Å². The summed E-state index contributed by atoms with van der Waals surface area (Å²) in [5, 5.41) is 19.4. The lowest BCUT2D eigenvalue weighted by molar-refractivity contribution is 0.178. The number of hydrogen-bond donors (Lipinski definition) is 2. The molecule has 2 heterocycles. The van der Waals surface area contributed by atoms with E-state index in [4.69, 9.17) is 9.52 Å². The second-order valence-electron chi connectivity index (χ2n) is 5.08. The number of aryl methyl sites for hydroxylation is 1. The van der Waals surface area contributed by atoms with Crippen molar-refractivity contribution < 1.29 is 14.3 Å². The van der Waals surface area contributed by atoms with E-state index in [1.165, 1.54) is 0 Å². The van der Waals surface area contributed by atoms with Gasteiger partial charge in [0.15, 0.2) is 0 Å². The molecule has 1 saturated heterocycles. The van der Waals surface area contributed by atoms with Crippen molar-refractivity contribution in [3.8, 4) is 0 Å². The quantitative estimate of drug-likeness (QED) is 0.811. The van der Waals surface area contributed by atoms with E-state index in [2.05, 4.69) is 20.4 Å². The minimum absolute atomic E-state index is 0.0720. The maximum absolute atomic E-state index is 10.8. The third-order valence-electron chi connectivity index (χ3n) is 3.91. The molecule has 7 nitrogen and oxygen atoms in total. The summed E-state index contributed by atoms with van der Waals surface area (Å²) in [7, 11) is 0. The first-order chi connectivity index (χ1) is 8.63. The van der Waals surface area contributed by atoms with Crippen LogP contribution in [0, 0.1) is 18.8 Å². The van der Waals surface area contributed by atoms with Gasteiger partial charge < -0.3 is 19.7 Å². The third-order valence-corrected chi connectivity index (χ3v) is 3.91. The van der Waals surface area contributed by atoms with E-state index in [1.54, 1.807) is 6.92 Å². The molecule has 3 rings (SSSR count). The monoisotopic (exact) mass is 252 g/mol. The van der Waals surface area contributed by atoms with E-state index in [9.17, 15) is 4.79 Å².